The molecule has 1 saturated heterocycles. The lowest BCUT2D eigenvalue weighted by Gasteiger charge is -2.32. The normalized spacial score (nSPS) is 18.6. The fourth-order valence-corrected chi connectivity index (χ4v) is 3.39. The molecule has 112 valence electrons. The minimum Gasteiger partial charge on any atom is -0.299 e. The Labute approximate surface area is 122 Å². The van der Waals surface area contributed by atoms with Crippen LogP contribution >= 0.6 is 0 Å². The predicted molar refractivity (Wildman–Crippen MR) is 81.9 cm³/mol. The Bertz CT molecular complexity index is 506. The second-order valence-corrected chi connectivity index (χ2v) is 8.02. The van der Waals surface area contributed by atoms with Gasteiger partial charge in [-0.05, 0) is 32.3 Å². The summed E-state index contributed by atoms with van der Waals surface area (Å²) in [5.41, 5.74) is 1.31. The van der Waals surface area contributed by atoms with Gasteiger partial charge in [-0.25, -0.2) is 13.1 Å². The summed E-state index contributed by atoms with van der Waals surface area (Å²) in [6.45, 7) is 6.27. The summed E-state index contributed by atoms with van der Waals surface area (Å²) in [5.74, 6) is 0. The zero-order valence-electron chi connectivity index (χ0n) is 12.2. The topological polar surface area (TPSA) is 49.4 Å². The van der Waals surface area contributed by atoms with Gasteiger partial charge in [0.05, 0.1) is 5.25 Å². The summed E-state index contributed by atoms with van der Waals surface area (Å²) in [4.78, 5) is 2.38. The van der Waals surface area contributed by atoms with Gasteiger partial charge in [0.1, 0.15) is 0 Å². The SMILES string of the molecule is CC(C)S(=O)(=O)NC1CCN(Cc2ccccc2)CC1. The van der Waals surface area contributed by atoms with Crippen molar-refractivity contribution in [2.75, 3.05) is 13.1 Å². The number of sulfonamides is 1. The van der Waals surface area contributed by atoms with Gasteiger partial charge in [-0.2, -0.15) is 0 Å². The van der Waals surface area contributed by atoms with Crippen LogP contribution in [0.4, 0.5) is 0 Å². The quantitative estimate of drug-likeness (QED) is 0.904. The van der Waals surface area contributed by atoms with Crippen molar-refractivity contribution < 1.29 is 8.42 Å². The lowest BCUT2D eigenvalue weighted by Crippen LogP contribution is -2.46. The zero-order valence-corrected chi connectivity index (χ0v) is 13.1. The van der Waals surface area contributed by atoms with Gasteiger partial charge in [-0.3, -0.25) is 4.90 Å². The second-order valence-electron chi connectivity index (χ2n) is 5.75. The third kappa shape index (κ3) is 4.30. The average Bonchev–Trinajstić information content (AvgIpc) is 2.42. The number of piperidine rings is 1. The minimum absolute atomic E-state index is 0.0921. The molecule has 1 aromatic rings. The fourth-order valence-electron chi connectivity index (χ4n) is 2.42. The maximum Gasteiger partial charge on any atom is 0.214 e. The van der Waals surface area contributed by atoms with E-state index in [4.69, 9.17) is 0 Å². The first kappa shape index (κ1) is 15.5. The Morgan fingerprint density at radius 3 is 2.35 bits per heavy atom. The van der Waals surface area contributed by atoms with Crippen molar-refractivity contribution in [3.8, 4) is 0 Å². The van der Waals surface area contributed by atoms with Gasteiger partial charge in [-0.15, -0.1) is 0 Å². The van der Waals surface area contributed by atoms with Crippen LogP contribution in [0.5, 0.6) is 0 Å². The molecule has 0 saturated carbocycles. The van der Waals surface area contributed by atoms with Crippen LogP contribution in [0.2, 0.25) is 0 Å². The third-order valence-corrected chi connectivity index (χ3v) is 5.69. The highest BCUT2D eigenvalue weighted by Crippen LogP contribution is 2.15. The van der Waals surface area contributed by atoms with E-state index in [2.05, 4.69) is 33.9 Å². The smallest absolute Gasteiger partial charge is 0.214 e. The van der Waals surface area contributed by atoms with Crippen molar-refractivity contribution in [1.29, 1.82) is 0 Å². The Kier molecular flexibility index (Phi) is 5.18. The summed E-state index contributed by atoms with van der Waals surface area (Å²) in [5, 5.41) is -0.357. The Balaban J connectivity index is 1.81. The van der Waals surface area contributed by atoms with Crippen LogP contribution in [-0.4, -0.2) is 37.7 Å². The number of nitrogens with zero attached hydrogens (tertiary/aromatic N) is 1. The summed E-state index contributed by atoms with van der Waals surface area (Å²) in [7, 11) is -3.14. The lowest BCUT2D eigenvalue weighted by atomic mass is 10.1. The van der Waals surface area contributed by atoms with E-state index in [9.17, 15) is 8.42 Å². The van der Waals surface area contributed by atoms with E-state index in [-0.39, 0.29) is 11.3 Å². The molecule has 0 aliphatic carbocycles. The van der Waals surface area contributed by atoms with Crippen LogP contribution in [0.1, 0.15) is 32.3 Å². The van der Waals surface area contributed by atoms with E-state index in [1.54, 1.807) is 13.8 Å². The number of nitrogens with one attached hydrogen (secondary N) is 1. The number of likely N-dealkylation sites (tertiary alicyclic amines) is 1. The summed E-state index contributed by atoms with van der Waals surface area (Å²) in [6, 6.07) is 10.5. The first-order valence-corrected chi connectivity index (χ1v) is 8.79. The zero-order chi connectivity index (χ0) is 14.6. The molecule has 0 atom stereocenters. The molecule has 20 heavy (non-hydrogen) atoms. The van der Waals surface area contributed by atoms with Crippen LogP contribution in [0.3, 0.4) is 0 Å². The average molecular weight is 296 g/mol. The molecule has 2 rings (SSSR count). The monoisotopic (exact) mass is 296 g/mol. The van der Waals surface area contributed by atoms with Crippen molar-refractivity contribution in [3.63, 3.8) is 0 Å². The molecule has 4 nitrogen and oxygen atoms in total. The first-order valence-electron chi connectivity index (χ1n) is 7.25. The van der Waals surface area contributed by atoms with E-state index < -0.39 is 10.0 Å². The number of benzene rings is 1. The minimum atomic E-state index is -3.14. The highest BCUT2D eigenvalue weighted by molar-refractivity contribution is 7.90. The van der Waals surface area contributed by atoms with Crippen LogP contribution in [0.25, 0.3) is 0 Å². The van der Waals surface area contributed by atoms with Crippen LogP contribution < -0.4 is 4.72 Å². The molecule has 5 heteroatoms. The van der Waals surface area contributed by atoms with Crippen molar-refractivity contribution in [3.05, 3.63) is 35.9 Å². The molecule has 1 fully saturated rings. The van der Waals surface area contributed by atoms with E-state index in [0.29, 0.717) is 0 Å². The van der Waals surface area contributed by atoms with Crippen LogP contribution in [0, 0.1) is 0 Å². The summed E-state index contributed by atoms with van der Waals surface area (Å²) in [6.07, 6.45) is 1.78. The molecular formula is C15H24N2O2S. The summed E-state index contributed by atoms with van der Waals surface area (Å²) < 4.78 is 26.5. The summed E-state index contributed by atoms with van der Waals surface area (Å²) >= 11 is 0. The van der Waals surface area contributed by atoms with Gasteiger partial charge in [0.25, 0.3) is 0 Å². The molecule has 1 heterocycles. The van der Waals surface area contributed by atoms with E-state index >= 15 is 0 Å². The second kappa shape index (κ2) is 6.70. The fraction of sp³-hybridized carbons (Fsp3) is 0.600. The van der Waals surface area contributed by atoms with Gasteiger partial charge >= 0.3 is 0 Å². The molecule has 1 N–H and O–H groups in total. The number of rotatable bonds is 5. The first-order chi connectivity index (χ1) is 9.47. The molecule has 0 amide bonds. The maximum absolute atomic E-state index is 11.8. The molecule has 0 radical (unpaired) electrons. The van der Waals surface area contributed by atoms with Crippen molar-refractivity contribution in [1.82, 2.24) is 9.62 Å². The molecule has 0 unspecified atom stereocenters. The molecule has 0 aromatic heterocycles. The van der Waals surface area contributed by atoms with Gasteiger partial charge in [0.15, 0.2) is 0 Å². The molecule has 1 aliphatic heterocycles. The van der Waals surface area contributed by atoms with Crippen molar-refractivity contribution in [2.45, 2.75) is 44.5 Å². The van der Waals surface area contributed by atoms with E-state index in [1.807, 2.05) is 6.07 Å². The molecule has 0 spiro atoms. The van der Waals surface area contributed by atoms with Crippen LogP contribution in [0.15, 0.2) is 30.3 Å². The standard InChI is InChI=1S/C15H24N2O2S/c1-13(2)20(18,19)16-15-8-10-17(11-9-15)12-14-6-4-3-5-7-14/h3-7,13,15-16H,8-12H2,1-2H3. The van der Waals surface area contributed by atoms with Crippen LogP contribution in [-0.2, 0) is 16.6 Å². The lowest BCUT2D eigenvalue weighted by molar-refractivity contribution is 0.200. The van der Waals surface area contributed by atoms with Gasteiger partial charge in [-0.1, -0.05) is 30.3 Å². The van der Waals surface area contributed by atoms with Crippen molar-refractivity contribution >= 4 is 10.0 Å². The molecule has 0 bridgehead atoms. The Hall–Kier alpha value is -0.910. The highest BCUT2D eigenvalue weighted by Gasteiger charge is 2.25. The number of hydrogen-bond acceptors (Lipinski definition) is 3. The molecule has 1 aromatic carbocycles. The van der Waals surface area contributed by atoms with E-state index in [0.717, 1.165) is 32.5 Å². The van der Waals surface area contributed by atoms with Gasteiger partial charge < -0.3 is 0 Å². The van der Waals surface area contributed by atoms with Gasteiger partial charge in [0.2, 0.25) is 10.0 Å². The third-order valence-electron chi connectivity index (χ3n) is 3.79. The predicted octanol–water partition coefficient (Wildman–Crippen LogP) is 1.98. The van der Waals surface area contributed by atoms with Gasteiger partial charge in [0, 0.05) is 25.7 Å². The molecule has 1 aliphatic rings. The highest BCUT2D eigenvalue weighted by atomic mass is 32.2. The number of hydrogen-bond donors (Lipinski definition) is 1. The van der Waals surface area contributed by atoms with Crippen molar-refractivity contribution in [2.24, 2.45) is 0 Å². The Morgan fingerprint density at radius 2 is 1.80 bits per heavy atom. The Morgan fingerprint density at radius 1 is 1.20 bits per heavy atom. The maximum atomic E-state index is 11.8. The largest absolute Gasteiger partial charge is 0.299 e. The molecular weight excluding hydrogens is 272 g/mol. The van der Waals surface area contributed by atoms with E-state index in [1.165, 1.54) is 5.56 Å².